The highest BCUT2D eigenvalue weighted by atomic mass is 15.2. The molecule has 2 atom stereocenters. The van der Waals surface area contributed by atoms with Crippen molar-refractivity contribution in [2.45, 2.75) is 80.1 Å². The second-order valence-electron chi connectivity index (χ2n) is 14.7. The second kappa shape index (κ2) is 18.9. The lowest BCUT2D eigenvalue weighted by Crippen LogP contribution is -2.34. The maximum absolute atomic E-state index is 4.98. The Balaban J connectivity index is 1.63. The van der Waals surface area contributed by atoms with Gasteiger partial charge in [-0.2, -0.15) is 0 Å². The van der Waals surface area contributed by atoms with E-state index in [0.29, 0.717) is 25.0 Å². The fourth-order valence-corrected chi connectivity index (χ4v) is 6.81. The first-order chi connectivity index (χ1) is 24.0. The van der Waals surface area contributed by atoms with Crippen LogP contribution in [0.4, 0.5) is 0 Å². The van der Waals surface area contributed by atoms with Gasteiger partial charge in [0.15, 0.2) is 0 Å². The predicted octanol–water partition coefficient (Wildman–Crippen LogP) is 10.4. The molecule has 0 amide bonds. The number of piperidine rings is 1. The lowest BCUT2D eigenvalue weighted by atomic mass is 9.85. The minimum absolute atomic E-state index is 0.537. The Labute approximate surface area is 303 Å². The number of hydrogen-bond acceptors (Lipinski definition) is 5. The lowest BCUT2D eigenvalue weighted by molar-refractivity contribution is 0.189. The van der Waals surface area contributed by atoms with Crippen LogP contribution in [-0.2, 0) is 6.42 Å². The molecule has 50 heavy (non-hydrogen) atoms. The summed E-state index contributed by atoms with van der Waals surface area (Å²) in [6.45, 7) is 35.0. The van der Waals surface area contributed by atoms with Crippen LogP contribution in [0, 0.1) is 24.7 Å². The first-order valence-electron chi connectivity index (χ1n) is 18.7. The van der Waals surface area contributed by atoms with E-state index in [1.165, 1.54) is 40.7 Å². The van der Waals surface area contributed by atoms with Crippen molar-refractivity contribution in [1.82, 2.24) is 10.2 Å². The summed E-state index contributed by atoms with van der Waals surface area (Å²) in [5.41, 5.74) is 13.1. The predicted molar refractivity (Wildman–Crippen MR) is 220 cm³/mol. The number of aliphatic imine (C=N–C) groups is 3. The van der Waals surface area contributed by atoms with Crippen molar-refractivity contribution in [2.75, 3.05) is 32.8 Å². The Bertz CT molecular complexity index is 1670. The number of hydrogen-bond donors (Lipinski definition) is 1. The molecule has 1 saturated heterocycles. The molecular formula is C45H61N5. The summed E-state index contributed by atoms with van der Waals surface area (Å²) in [5.74, 6) is 1.81. The molecule has 2 heterocycles. The Morgan fingerprint density at radius 1 is 1.10 bits per heavy atom. The van der Waals surface area contributed by atoms with Gasteiger partial charge in [-0.05, 0) is 109 Å². The molecule has 1 fully saturated rings. The Morgan fingerprint density at radius 3 is 2.56 bits per heavy atom. The summed E-state index contributed by atoms with van der Waals surface area (Å²) in [6, 6.07) is 13.0. The SMILES string of the molecule is C=C/C1=C(\CNCC(C)CCC(=C)C(C)C)N=CC(=C)c2cccc(-c3cccc(C(C=NCN4CCCC(C)C4)=NC(=C)CC)c3C)c2C1. The molecule has 266 valence electrons. The van der Waals surface area contributed by atoms with Gasteiger partial charge in [-0.15, -0.1) is 0 Å². The molecule has 2 aromatic rings. The van der Waals surface area contributed by atoms with Crippen LogP contribution in [0.2, 0.25) is 0 Å². The smallest absolute Gasteiger partial charge is 0.0910 e. The number of rotatable bonds is 16. The van der Waals surface area contributed by atoms with E-state index in [1.807, 2.05) is 18.5 Å². The Morgan fingerprint density at radius 2 is 1.84 bits per heavy atom. The van der Waals surface area contributed by atoms with Crippen LogP contribution in [0.1, 0.15) is 89.0 Å². The molecule has 0 aromatic heterocycles. The van der Waals surface area contributed by atoms with E-state index in [9.17, 15) is 0 Å². The van der Waals surface area contributed by atoms with Gasteiger partial charge in [0.05, 0.1) is 18.1 Å². The quantitative estimate of drug-likeness (QED) is 0.143. The monoisotopic (exact) mass is 671 g/mol. The van der Waals surface area contributed by atoms with Crippen LogP contribution in [0.3, 0.4) is 0 Å². The van der Waals surface area contributed by atoms with Crippen molar-refractivity contribution < 1.29 is 0 Å². The van der Waals surface area contributed by atoms with Crippen LogP contribution in [0.15, 0.2) is 106 Å². The van der Waals surface area contributed by atoms with Gasteiger partial charge in [0, 0.05) is 43.2 Å². The molecule has 5 heteroatoms. The maximum Gasteiger partial charge on any atom is 0.0910 e. The number of allylic oxidation sites excluding steroid dienone is 5. The molecule has 0 radical (unpaired) electrons. The van der Waals surface area contributed by atoms with Gasteiger partial charge in [-0.3, -0.25) is 19.9 Å². The van der Waals surface area contributed by atoms with E-state index in [2.05, 4.69) is 114 Å². The first-order valence-corrected chi connectivity index (χ1v) is 18.7. The number of nitrogens with zero attached hydrogens (tertiary/aromatic N) is 4. The molecule has 2 unspecified atom stereocenters. The van der Waals surface area contributed by atoms with Crippen molar-refractivity contribution in [2.24, 2.45) is 32.7 Å². The third-order valence-electron chi connectivity index (χ3n) is 10.3. The fraction of sp³-hybridized carbons (Fsp3) is 0.444. The summed E-state index contributed by atoms with van der Waals surface area (Å²) in [7, 11) is 0. The summed E-state index contributed by atoms with van der Waals surface area (Å²) >= 11 is 0. The molecule has 0 bridgehead atoms. The van der Waals surface area contributed by atoms with E-state index in [-0.39, 0.29) is 0 Å². The summed E-state index contributed by atoms with van der Waals surface area (Å²) in [5, 5.41) is 3.68. The average molecular weight is 672 g/mol. The Hall–Kier alpha value is -3.93. The zero-order chi connectivity index (χ0) is 36.2. The molecule has 2 aromatic carbocycles. The van der Waals surface area contributed by atoms with Crippen LogP contribution in [-0.4, -0.2) is 55.9 Å². The van der Waals surface area contributed by atoms with Gasteiger partial charge in [0.1, 0.15) is 0 Å². The highest BCUT2D eigenvalue weighted by Crippen LogP contribution is 2.36. The normalized spacial score (nSPS) is 19.4. The third-order valence-corrected chi connectivity index (χ3v) is 10.3. The van der Waals surface area contributed by atoms with Gasteiger partial charge in [-0.1, -0.05) is 109 Å². The largest absolute Gasteiger partial charge is 0.311 e. The molecule has 2 aliphatic heterocycles. The zero-order valence-electron chi connectivity index (χ0n) is 31.8. The zero-order valence-corrected chi connectivity index (χ0v) is 31.8. The van der Waals surface area contributed by atoms with Crippen LogP contribution >= 0.6 is 0 Å². The fourth-order valence-electron chi connectivity index (χ4n) is 6.81. The molecule has 1 N–H and O–H groups in total. The van der Waals surface area contributed by atoms with Gasteiger partial charge >= 0.3 is 0 Å². The van der Waals surface area contributed by atoms with Crippen molar-refractivity contribution in [3.8, 4) is 11.1 Å². The molecule has 5 nitrogen and oxygen atoms in total. The van der Waals surface area contributed by atoms with Gasteiger partial charge < -0.3 is 5.32 Å². The molecule has 0 saturated carbocycles. The van der Waals surface area contributed by atoms with Crippen LogP contribution in [0.25, 0.3) is 16.7 Å². The number of nitrogens with one attached hydrogen (secondary N) is 1. The van der Waals surface area contributed by atoms with Gasteiger partial charge in [-0.25, -0.2) is 0 Å². The van der Waals surface area contributed by atoms with E-state index < -0.39 is 0 Å². The van der Waals surface area contributed by atoms with E-state index in [1.54, 1.807) is 0 Å². The summed E-state index contributed by atoms with van der Waals surface area (Å²) in [6.07, 6.45) is 12.1. The number of benzene rings is 2. The summed E-state index contributed by atoms with van der Waals surface area (Å²) in [4.78, 5) is 17.3. The molecule has 4 rings (SSSR count). The van der Waals surface area contributed by atoms with E-state index in [0.717, 1.165) is 90.6 Å². The van der Waals surface area contributed by atoms with Crippen molar-refractivity contribution >= 4 is 23.7 Å². The second-order valence-corrected chi connectivity index (χ2v) is 14.7. The third kappa shape index (κ3) is 10.5. The lowest BCUT2D eigenvalue weighted by Gasteiger charge is -2.29. The van der Waals surface area contributed by atoms with E-state index in [4.69, 9.17) is 15.0 Å². The minimum atomic E-state index is 0.537. The average Bonchev–Trinajstić information content (AvgIpc) is 3.10. The Kier molecular flexibility index (Phi) is 14.7. The molecule has 2 aliphatic rings. The molecule has 0 aliphatic carbocycles. The van der Waals surface area contributed by atoms with Gasteiger partial charge in [0.2, 0.25) is 0 Å². The van der Waals surface area contributed by atoms with Crippen LogP contribution < -0.4 is 5.32 Å². The van der Waals surface area contributed by atoms with Crippen molar-refractivity contribution in [3.05, 3.63) is 114 Å². The summed E-state index contributed by atoms with van der Waals surface area (Å²) < 4.78 is 0. The topological polar surface area (TPSA) is 52.4 Å². The van der Waals surface area contributed by atoms with E-state index >= 15 is 0 Å². The van der Waals surface area contributed by atoms with Crippen molar-refractivity contribution in [1.29, 1.82) is 0 Å². The highest BCUT2D eigenvalue weighted by molar-refractivity contribution is 6.39. The van der Waals surface area contributed by atoms with Gasteiger partial charge in [0.25, 0.3) is 0 Å². The maximum atomic E-state index is 4.98. The highest BCUT2D eigenvalue weighted by Gasteiger charge is 2.20. The standard InChI is InChI=1S/C45H61N5/c1-11-36(9)49-45(28-47-30-50-23-15-16-33(6)29-50)41-19-14-18-40(37(41)10)42-20-13-17-39-35(8)26-48-44(38(12-2)24-43(39)42)27-46-25-32(5)21-22-34(7)31(3)4/h12-14,17-20,26,28,31-33,46H,2,7-9,11,15-16,21-25,27,29-30H2,1,3-6,10H3/b44-38-,47-28?,48-26?,49-45?. The number of likely N-dealkylation sites (tertiary alicyclic amines) is 1. The first kappa shape index (κ1) is 38.9. The molecular weight excluding hydrogens is 611 g/mol. The number of fused-ring (bicyclic) bond motifs is 1. The minimum Gasteiger partial charge on any atom is -0.311 e. The van der Waals surface area contributed by atoms with Crippen molar-refractivity contribution in [3.63, 3.8) is 0 Å². The molecule has 0 spiro atoms. The van der Waals surface area contributed by atoms with Crippen LogP contribution in [0.5, 0.6) is 0 Å².